The molecule has 0 aliphatic heterocycles. The Balaban J connectivity index is 1.30. The van der Waals surface area contributed by atoms with Gasteiger partial charge in [-0.1, -0.05) is 59.8 Å². The van der Waals surface area contributed by atoms with Crippen LogP contribution in [0.5, 0.6) is 0 Å². The third-order valence-corrected chi connectivity index (χ3v) is 6.56. The number of hydrogen-bond acceptors (Lipinski definition) is 6. The molecule has 5 rings (SSSR count). The number of hydrogen-bond donors (Lipinski definition) is 2. The summed E-state index contributed by atoms with van der Waals surface area (Å²) in [5.74, 6) is -0.397. The average molecular weight is 484 g/mol. The van der Waals surface area contributed by atoms with E-state index in [0.29, 0.717) is 35.5 Å². The van der Waals surface area contributed by atoms with E-state index in [-0.39, 0.29) is 0 Å². The van der Waals surface area contributed by atoms with Crippen molar-refractivity contribution in [3.05, 3.63) is 89.7 Å². The summed E-state index contributed by atoms with van der Waals surface area (Å²) in [6, 6.07) is 20.6. The molecular weight excluding hydrogens is 458 g/mol. The Morgan fingerprint density at radius 2 is 1.72 bits per heavy atom. The van der Waals surface area contributed by atoms with E-state index in [2.05, 4.69) is 15.5 Å². The second-order valence-electron chi connectivity index (χ2n) is 8.95. The van der Waals surface area contributed by atoms with Gasteiger partial charge in [0.25, 0.3) is 0 Å². The largest absolute Gasteiger partial charge is 0.481 e. The second-order valence-corrected chi connectivity index (χ2v) is 8.95. The lowest BCUT2D eigenvalue weighted by Crippen LogP contribution is -2.19. The number of amides is 1. The summed E-state index contributed by atoms with van der Waals surface area (Å²) in [4.78, 5) is 28.7. The number of carboxylic acids is 1. The maximum absolute atomic E-state index is 12.6. The zero-order chi connectivity index (χ0) is 25.3. The van der Waals surface area contributed by atoms with Crippen LogP contribution in [0.15, 0.2) is 77.4 Å². The van der Waals surface area contributed by atoms with Gasteiger partial charge in [-0.2, -0.15) is 0 Å². The minimum Gasteiger partial charge on any atom is -0.481 e. The number of carbonyl (C=O) groups excluding carboxylic acids is 1. The summed E-state index contributed by atoms with van der Waals surface area (Å²) in [7, 11) is 0. The fourth-order valence-corrected chi connectivity index (χ4v) is 4.21. The SMILES string of the molecule is Cc1noc(-c2ccc(-c3ccc(C4(C(=O)O)CC4)cc3)nc2)c1NC(=O)O[C@H](C)c1ccccc1. The van der Waals surface area contributed by atoms with E-state index in [0.717, 1.165) is 22.4 Å². The third kappa shape index (κ3) is 4.45. The van der Waals surface area contributed by atoms with Crippen LogP contribution in [-0.2, 0) is 14.9 Å². The minimum atomic E-state index is -0.775. The molecular formula is C28H25N3O5. The van der Waals surface area contributed by atoms with Crippen LogP contribution in [-0.4, -0.2) is 27.3 Å². The highest BCUT2D eigenvalue weighted by atomic mass is 16.6. The van der Waals surface area contributed by atoms with Gasteiger partial charge in [-0.05, 0) is 49.9 Å². The molecule has 2 N–H and O–H groups in total. The Bertz CT molecular complexity index is 1390. The van der Waals surface area contributed by atoms with Gasteiger partial charge >= 0.3 is 12.1 Å². The van der Waals surface area contributed by atoms with Crippen molar-refractivity contribution < 1.29 is 24.0 Å². The van der Waals surface area contributed by atoms with Gasteiger partial charge in [0.05, 0.1) is 11.1 Å². The second kappa shape index (κ2) is 9.30. The molecule has 0 radical (unpaired) electrons. The van der Waals surface area contributed by atoms with Gasteiger partial charge in [0.2, 0.25) is 0 Å². The van der Waals surface area contributed by atoms with Gasteiger partial charge in [0.1, 0.15) is 17.5 Å². The number of nitrogens with one attached hydrogen (secondary N) is 1. The normalized spacial score (nSPS) is 14.6. The molecule has 0 saturated heterocycles. The number of rotatable bonds is 7. The van der Waals surface area contributed by atoms with Crippen LogP contribution in [0, 0.1) is 6.92 Å². The Labute approximate surface area is 207 Å². The molecule has 1 aliphatic carbocycles. The average Bonchev–Trinajstić information content (AvgIpc) is 3.64. The fourth-order valence-electron chi connectivity index (χ4n) is 4.21. The summed E-state index contributed by atoms with van der Waals surface area (Å²) < 4.78 is 11.0. The molecule has 2 aromatic carbocycles. The van der Waals surface area contributed by atoms with Gasteiger partial charge in [0, 0.05) is 17.3 Å². The molecule has 1 atom stereocenters. The number of carboxylic acid groups (broad SMARTS) is 1. The van der Waals surface area contributed by atoms with E-state index in [9.17, 15) is 14.7 Å². The van der Waals surface area contributed by atoms with E-state index in [4.69, 9.17) is 9.26 Å². The van der Waals surface area contributed by atoms with Crippen molar-refractivity contribution in [2.45, 2.75) is 38.2 Å². The van der Waals surface area contributed by atoms with Gasteiger partial charge < -0.3 is 14.4 Å². The Hall–Kier alpha value is -4.46. The molecule has 8 nitrogen and oxygen atoms in total. The topological polar surface area (TPSA) is 115 Å². The highest BCUT2D eigenvalue weighted by Gasteiger charge is 2.51. The highest BCUT2D eigenvalue weighted by Crippen LogP contribution is 2.48. The van der Waals surface area contributed by atoms with Crippen molar-refractivity contribution in [3.8, 4) is 22.6 Å². The van der Waals surface area contributed by atoms with E-state index in [1.165, 1.54) is 0 Å². The predicted molar refractivity (Wildman–Crippen MR) is 133 cm³/mol. The maximum Gasteiger partial charge on any atom is 0.412 e. The van der Waals surface area contributed by atoms with Crippen molar-refractivity contribution in [1.29, 1.82) is 0 Å². The molecule has 1 aliphatic rings. The van der Waals surface area contributed by atoms with Crippen LogP contribution in [0.25, 0.3) is 22.6 Å². The number of carbonyl (C=O) groups is 2. The molecule has 1 fully saturated rings. The van der Waals surface area contributed by atoms with Crippen LogP contribution in [0.1, 0.15) is 42.7 Å². The lowest BCUT2D eigenvalue weighted by atomic mass is 9.94. The number of anilines is 1. The number of benzene rings is 2. The van der Waals surface area contributed by atoms with Crippen LogP contribution in [0.4, 0.5) is 10.5 Å². The molecule has 36 heavy (non-hydrogen) atoms. The number of aryl methyl sites for hydroxylation is 1. The molecule has 0 bridgehead atoms. The zero-order valence-electron chi connectivity index (χ0n) is 19.9. The van der Waals surface area contributed by atoms with E-state index < -0.39 is 23.6 Å². The number of nitrogens with zero attached hydrogens (tertiary/aromatic N) is 2. The molecule has 1 saturated carbocycles. The van der Waals surface area contributed by atoms with Crippen LogP contribution in [0.2, 0.25) is 0 Å². The summed E-state index contributed by atoms with van der Waals surface area (Å²) in [5.41, 5.74) is 4.15. The first-order chi connectivity index (χ1) is 17.4. The molecule has 8 heteroatoms. The third-order valence-electron chi connectivity index (χ3n) is 6.56. The standard InChI is InChI=1S/C28H25N3O5/c1-17-24(30-27(34)35-18(2)19-6-4-3-5-7-19)25(36-31-17)21-10-13-23(29-16-21)20-8-11-22(12-9-20)28(14-15-28)26(32)33/h3-13,16,18H,14-15H2,1-2H3,(H,30,34)(H,32,33)/t18-/m1/s1. The molecule has 182 valence electrons. The van der Waals surface area contributed by atoms with Gasteiger partial charge in [-0.25, -0.2) is 4.79 Å². The first-order valence-corrected chi connectivity index (χ1v) is 11.7. The number of aliphatic carboxylic acids is 1. The minimum absolute atomic E-state index is 0.378. The van der Waals surface area contributed by atoms with Crippen LogP contribution < -0.4 is 5.32 Å². The van der Waals surface area contributed by atoms with Gasteiger partial charge in [0.15, 0.2) is 5.76 Å². The molecule has 4 aromatic rings. The summed E-state index contributed by atoms with van der Waals surface area (Å²) in [6.45, 7) is 3.54. The van der Waals surface area contributed by atoms with Crippen LogP contribution in [0.3, 0.4) is 0 Å². The number of aromatic nitrogens is 2. The molecule has 2 aromatic heterocycles. The number of ether oxygens (including phenoxy) is 1. The Kier molecular flexibility index (Phi) is 6.01. The van der Waals surface area contributed by atoms with Crippen molar-refractivity contribution in [3.63, 3.8) is 0 Å². The van der Waals surface area contributed by atoms with E-state index >= 15 is 0 Å². The zero-order valence-corrected chi connectivity index (χ0v) is 19.9. The number of pyridine rings is 1. The predicted octanol–water partition coefficient (Wildman–Crippen LogP) is 6.14. The van der Waals surface area contributed by atoms with Crippen LogP contribution >= 0.6 is 0 Å². The Morgan fingerprint density at radius 1 is 1.03 bits per heavy atom. The molecule has 1 amide bonds. The van der Waals surface area contributed by atoms with E-state index in [1.807, 2.05) is 66.7 Å². The smallest absolute Gasteiger partial charge is 0.412 e. The van der Waals surface area contributed by atoms with Crippen molar-refractivity contribution in [1.82, 2.24) is 10.1 Å². The lowest BCUT2D eigenvalue weighted by molar-refractivity contribution is -0.140. The quantitative estimate of drug-likeness (QED) is 0.324. The molecule has 2 heterocycles. The van der Waals surface area contributed by atoms with Gasteiger partial charge in [-0.15, -0.1) is 0 Å². The monoisotopic (exact) mass is 483 g/mol. The summed E-state index contributed by atoms with van der Waals surface area (Å²) in [5, 5.41) is 16.2. The Morgan fingerprint density at radius 3 is 2.33 bits per heavy atom. The molecule has 0 spiro atoms. The summed E-state index contributed by atoms with van der Waals surface area (Å²) >= 11 is 0. The van der Waals surface area contributed by atoms with Gasteiger partial charge in [-0.3, -0.25) is 15.1 Å². The van der Waals surface area contributed by atoms with Crippen molar-refractivity contribution in [2.24, 2.45) is 0 Å². The maximum atomic E-state index is 12.6. The van der Waals surface area contributed by atoms with Crippen molar-refractivity contribution >= 4 is 17.7 Å². The highest BCUT2D eigenvalue weighted by molar-refractivity contribution is 5.91. The molecule has 0 unspecified atom stereocenters. The first-order valence-electron chi connectivity index (χ1n) is 11.7. The lowest BCUT2D eigenvalue weighted by Gasteiger charge is -2.14. The first kappa shape index (κ1) is 23.3. The van der Waals surface area contributed by atoms with Crippen molar-refractivity contribution in [2.75, 3.05) is 5.32 Å². The fraction of sp³-hybridized carbons (Fsp3) is 0.214. The van der Waals surface area contributed by atoms with E-state index in [1.54, 1.807) is 20.0 Å². The summed E-state index contributed by atoms with van der Waals surface area (Å²) in [6.07, 6.45) is 1.94.